The summed E-state index contributed by atoms with van der Waals surface area (Å²) in [6, 6.07) is 0. The van der Waals surface area contributed by atoms with Gasteiger partial charge in [-0.1, -0.05) is 37.5 Å². The van der Waals surface area contributed by atoms with E-state index in [9.17, 15) is 0 Å². The molecule has 0 radical (unpaired) electrons. The lowest BCUT2D eigenvalue weighted by atomic mass is 10.2. The summed E-state index contributed by atoms with van der Waals surface area (Å²) in [6.45, 7) is 10.9. The fraction of sp³-hybridized carbons (Fsp3) is 0.625. The van der Waals surface area contributed by atoms with Crippen molar-refractivity contribution in [3.05, 3.63) is 24.8 Å². The highest BCUT2D eigenvalue weighted by Crippen LogP contribution is 2.04. The lowest BCUT2D eigenvalue weighted by molar-refractivity contribution is -0.0210. The third kappa shape index (κ3) is 9.04. The number of ether oxygens (including phenoxy) is 2. The van der Waals surface area contributed by atoms with Crippen LogP contribution in [0.25, 0.3) is 0 Å². The molecule has 0 amide bonds. The van der Waals surface area contributed by atoms with Gasteiger partial charge in [-0.2, -0.15) is 0 Å². The maximum Gasteiger partial charge on any atom is 0.144 e. The van der Waals surface area contributed by atoms with E-state index in [1.54, 1.807) is 6.08 Å². The average Bonchev–Trinajstić information content (AvgIpc) is 2.38. The van der Waals surface area contributed by atoms with E-state index in [4.69, 9.17) is 9.47 Å². The molecule has 2 nitrogen and oxygen atoms in total. The molecule has 2 atom stereocenters. The molecule has 0 aromatic rings. The smallest absolute Gasteiger partial charge is 0.144 e. The monoisotopic (exact) mass is 250 g/mol. The molecular formula is C16H26O2. The van der Waals surface area contributed by atoms with Crippen molar-refractivity contribution >= 4 is 0 Å². The van der Waals surface area contributed by atoms with Crippen LogP contribution < -0.4 is 0 Å². The summed E-state index contributed by atoms with van der Waals surface area (Å²) in [4.78, 5) is 0. The molecule has 0 aromatic carbocycles. The predicted octanol–water partition coefficient (Wildman–Crippen LogP) is 3.73. The fourth-order valence-electron chi connectivity index (χ4n) is 1.30. The maximum absolute atomic E-state index is 5.65. The molecule has 0 aromatic heterocycles. The van der Waals surface area contributed by atoms with Gasteiger partial charge in [-0.3, -0.25) is 0 Å². The van der Waals surface area contributed by atoms with Gasteiger partial charge in [-0.15, -0.1) is 12.5 Å². The summed E-state index contributed by atoms with van der Waals surface area (Å²) < 4.78 is 11.3. The van der Waals surface area contributed by atoms with E-state index < -0.39 is 0 Å². The zero-order valence-corrected chi connectivity index (χ0v) is 11.9. The van der Waals surface area contributed by atoms with Gasteiger partial charge in [-0.25, -0.2) is 0 Å². The zero-order valence-electron chi connectivity index (χ0n) is 11.9. The van der Waals surface area contributed by atoms with E-state index in [0.29, 0.717) is 13.2 Å². The summed E-state index contributed by atoms with van der Waals surface area (Å²) >= 11 is 0. The Morgan fingerprint density at radius 1 is 1.28 bits per heavy atom. The summed E-state index contributed by atoms with van der Waals surface area (Å²) in [5.41, 5.74) is 0. The Morgan fingerprint density at radius 2 is 2.06 bits per heavy atom. The molecule has 0 rings (SSSR count). The Bertz CT molecular complexity index is 283. The molecule has 0 spiro atoms. The highest BCUT2D eigenvalue weighted by atomic mass is 16.5. The van der Waals surface area contributed by atoms with E-state index in [2.05, 4.69) is 25.3 Å². The molecule has 0 saturated heterocycles. The second-order valence-electron chi connectivity index (χ2n) is 4.07. The minimum atomic E-state index is -0.176. The van der Waals surface area contributed by atoms with E-state index >= 15 is 0 Å². The topological polar surface area (TPSA) is 18.5 Å². The van der Waals surface area contributed by atoms with Gasteiger partial charge in [0.25, 0.3) is 0 Å². The van der Waals surface area contributed by atoms with Gasteiger partial charge < -0.3 is 9.47 Å². The molecule has 2 heteroatoms. The molecule has 102 valence electrons. The molecule has 0 saturated carbocycles. The highest BCUT2D eigenvalue weighted by molar-refractivity contribution is 5.07. The molecule has 0 aliphatic carbocycles. The van der Waals surface area contributed by atoms with Gasteiger partial charge in [0, 0.05) is 6.42 Å². The first-order chi connectivity index (χ1) is 8.76. The number of hydrogen-bond acceptors (Lipinski definition) is 2. The van der Waals surface area contributed by atoms with E-state index in [1.165, 1.54) is 6.42 Å². The molecule has 18 heavy (non-hydrogen) atoms. The van der Waals surface area contributed by atoms with Crippen molar-refractivity contribution in [3.8, 4) is 11.8 Å². The van der Waals surface area contributed by atoms with Gasteiger partial charge in [0.15, 0.2) is 0 Å². The van der Waals surface area contributed by atoms with Crippen LogP contribution in [0.4, 0.5) is 0 Å². The van der Waals surface area contributed by atoms with Crippen molar-refractivity contribution < 1.29 is 9.47 Å². The van der Waals surface area contributed by atoms with Crippen molar-refractivity contribution in [2.75, 3.05) is 13.2 Å². The van der Waals surface area contributed by atoms with Crippen molar-refractivity contribution in [1.29, 1.82) is 0 Å². The fourth-order valence-corrected chi connectivity index (χ4v) is 1.30. The van der Waals surface area contributed by atoms with Crippen LogP contribution in [0.1, 0.15) is 40.0 Å². The first-order valence-corrected chi connectivity index (χ1v) is 6.69. The molecule has 0 aliphatic heterocycles. The van der Waals surface area contributed by atoms with Crippen LogP contribution in [0, 0.1) is 11.8 Å². The van der Waals surface area contributed by atoms with Crippen molar-refractivity contribution in [3.63, 3.8) is 0 Å². The number of hydrogen-bond donors (Lipinski definition) is 0. The quantitative estimate of drug-likeness (QED) is 0.353. The molecule has 0 fully saturated rings. The van der Waals surface area contributed by atoms with Crippen LogP contribution in [-0.4, -0.2) is 25.4 Å². The SMILES string of the molecule is C=CCO[C@H](C#CCCCC)[C@H](C)OC/C=C/C. The third-order valence-electron chi connectivity index (χ3n) is 2.41. The average molecular weight is 250 g/mol. The van der Waals surface area contributed by atoms with E-state index in [-0.39, 0.29) is 12.2 Å². The zero-order chi connectivity index (χ0) is 13.6. The largest absolute Gasteiger partial charge is 0.371 e. The van der Waals surface area contributed by atoms with Gasteiger partial charge in [0.2, 0.25) is 0 Å². The van der Waals surface area contributed by atoms with Gasteiger partial charge in [0.05, 0.1) is 19.3 Å². The van der Waals surface area contributed by atoms with Crippen LogP contribution in [0.3, 0.4) is 0 Å². The van der Waals surface area contributed by atoms with Crippen LogP contribution in [0.2, 0.25) is 0 Å². The number of unbranched alkanes of at least 4 members (excludes halogenated alkanes) is 2. The summed E-state index contributed by atoms with van der Waals surface area (Å²) in [5, 5.41) is 0. The molecule has 0 heterocycles. The van der Waals surface area contributed by atoms with Crippen LogP contribution in [0.5, 0.6) is 0 Å². The number of allylic oxidation sites excluding steroid dienone is 1. The lowest BCUT2D eigenvalue weighted by Gasteiger charge is -2.19. The van der Waals surface area contributed by atoms with Crippen molar-refractivity contribution in [2.24, 2.45) is 0 Å². The molecule has 0 aliphatic rings. The molecule has 0 bridgehead atoms. The van der Waals surface area contributed by atoms with Crippen molar-refractivity contribution in [1.82, 2.24) is 0 Å². The Labute approximate surface area is 112 Å². The Hall–Kier alpha value is -1.04. The standard InChI is InChI=1S/C16H26O2/c1-5-8-10-11-12-16(18-13-7-3)15(4)17-14-9-6-2/h6-7,9,15-16H,3,5,8,10,13-14H2,1-2,4H3/b9-6+/t15-,16+/m0/s1. The van der Waals surface area contributed by atoms with Gasteiger partial charge >= 0.3 is 0 Å². The summed E-state index contributed by atoms with van der Waals surface area (Å²) in [5.74, 6) is 6.31. The molecule has 0 unspecified atom stereocenters. The van der Waals surface area contributed by atoms with E-state index in [1.807, 2.05) is 26.0 Å². The normalized spacial score (nSPS) is 13.9. The molecular weight excluding hydrogens is 224 g/mol. The summed E-state index contributed by atoms with van der Waals surface area (Å²) in [6.07, 6.45) is 8.70. The first-order valence-electron chi connectivity index (χ1n) is 6.69. The summed E-state index contributed by atoms with van der Waals surface area (Å²) in [7, 11) is 0. The second-order valence-corrected chi connectivity index (χ2v) is 4.07. The number of rotatable bonds is 9. The Morgan fingerprint density at radius 3 is 2.67 bits per heavy atom. The van der Waals surface area contributed by atoms with Crippen molar-refractivity contribution in [2.45, 2.75) is 52.2 Å². The second kappa shape index (κ2) is 12.4. The third-order valence-corrected chi connectivity index (χ3v) is 2.41. The van der Waals surface area contributed by atoms with E-state index in [0.717, 1.165) is 12.8 Å². The lowest BCUT2D eigenvalue weighted by Crippen LogP contribution is -2.28. The van der Waals surface area contributed by atoms with Crippen LogP contribution >= 0.6 is 0 Å². The van der Waals surface area contributed by atoms with Crippen LogP contribution in [0.15, 0.2) is 24.8 Å². The Kier molecular flexibility index (Phi) is 11.7. The molecule has 0 N–H and O–H groups in total. The highest BCUT2D eigenvalue weighted by Gasteiger charge is 2.14. The van der Waals surface area contributed by atoms with Gasteiger partial charge in [0.1, 0.15) is 6.10 Å². The minimum absolute atomic E-state index is 0.0322. The van der Waals surface area contributed by atoms with Gasteiger partial charge in [-0.05, 0) is 20.3 Å². The first kappa shape index (κ1) is 17.0. The maximum atomic E-state index is 5.65. The minimum Gasteiger partial charge on any atom is -0.371 e. The predicted molar refractivity (Wildman–Crippen MR) is 77.5 cm³/mol. The Balaban J connectivity index is 4.24. The van der Waals surface area contributed by atoms with Crippen LogP contribution in [-0.2, 0) is 9.47 Å².